The van der Waals surface area contributed by atoms with Crippen LogP contribution in [0.4, 0.5) is 0 Å². The van der Waals surface area contributed by atoms with E-state index in [1.807, 2.05) is 62.4 Å². The molecule has 2 nitrogen and oxygen atoms in total. The quantitative estimate of drug-likeness (QED) is 0.884. The van der Waals surface area contributed by atoms with E-state index in [1.165, 1.54) is 0 Å². The van der Waals surface area contributed by atoms with E-state index in [0.29, 0.717) is 11.4 Å². The fraction of sp³-hybridized carbons (Fsp3) is 0.294. The predicted octanol–water partition coefficient (Wildman–Crippen LogP) is 4.40. The van der Waals surface area contributed by atoms with Gasteiger partial charge in [0.25, 0.3) is 0 Å². The molecule has 0 amide bonds. The van der Waals surface area contributed by atoms with Crippen LogP contribution in [0.3, 0.4) is 0 Å². The lowest BCUT2D eigenvalue weighted by molar-refractivity contribution is 0.177. The minimum Gasteiger partial charge on any atom is -0.491 e. The predicted molar refractivity (Wildman–Crippen MR) is 82.3 cm³/mol. The van der Waals surface area contributed by atoms with Crippen molar-refractivity contribution in [3.05, 3.63) is 64.7 Å². The molecular formula is C17H19ClO2. The van der Waals surface area contributed by atoms with Crippen LogP contribution in [-0.4, -0.2) is 11.2 Å². The molecule has 3 heteroatoms. The first-order valence-corrected chi connectivity index (χ1v) is 7.11. The summed E-state index contributed by atoms with van der Waals surface area (Å²) in [5, 5.41) is 11.0. The van der Waals surface area contributed by atoms with Gasteiger partial charge in [0.1, 0.15) is 5.75 Å². The van der Waals surface area contributed by atoms with Crippen LogP contribution >= 0.6 is 11.6 Å². The Hall–Kier alpha value is -1.51. The molecule has 2 rings (SSSR count). The van der Waals surface area contributed by atoms with E-state index in [4.69, 9.17) is 16.3 Å². The van der Waals surface area contributed by atoms with Crippen molar-refractivity contribution in [1.82, 2.24) is 0 Å². The Morgan fingerprint density at radius 3 is 2.55 bits per heavy atom. The summed E-state index contributed by atoms with van der Waals surface area (Å²) >= 11 is 5.96. The molecule has 1 atom stereocenters. The molecule has 1 N–H and O–H groups in total. The molecule has 0 aliphatic carbocycles. The molecule has 2 aromatic rings. The maximum Gasteiger partial charge on any atom is 0.120 e. The van der Waals surface area contributed by atoms with Crippen LogP contribution in [-0.2, 0) is 6.42 Å². The van der Waals surface area contributed by atoms with E-state index >= 15 is 0 Å². The summed E-state index contributed by atoms with van der Waals surface area (Å²) in [4.78, 5) is 0. The third-order valence-corrected chi connectivity index (χ3v) is 3.17. The molecule has 0 spiro atoms. The number of halogens is 1. The second-order valence-electron chi connectivity index (χ2n) is 5.09. The van der Waals surface area contributed by atoms with Gasteiger partial charge in [0, 0.05) is 11.4 Å². The van der Waals surface area contributed by atoms with Gasteiger partial charge in [-0.2, -0.15) is 0 Å². The first-order chi connectivity index (χ1) is 9.54. The van der Waals surface area contributed by atoms with Crippen molar-refractivity contribution in [3.8, 4) is 5.75 Å². The number of aliphatic hydroxyl groups excluding tert-OH is 1. The Morgan fingerprint density at radius 1 is 1.10 bits per heavy atom. The highest BCUT2D eigenvalue weighted by Crippen LogP contribution is 2.24. The summed E-state index contributed by atoms with van der Waals surface area (Å²) in [6, 6.07) is 15.1. The van der Waals surface area contributed by atoms with Crippen molar-refractivity contribution in [3.63, 3.8) is 0 Å². The zero-order chi connectivity index (χ0) is 14.5. The van der Waals surface area contributed by atoms with Gasteiger partial charge in [-0.3, -0.25) is 0 Å². The van der Waals surface area contributed by atoms with Crippen molar-refractivity contribution in [2.45, 2.75) is 32.5 Å². The molecule has 0 saturated carbocycles. The van der Waals surface area contributed by atoms with Gasteiger partial charge in [-0.05, 0) is 49.2 Å². The Labute approximate surface area is 125 Å². The first kappa shape index (κ1) is 14.9. The van der Waals surface area contributed by atoms with Crippen molar-refractivity contribution in [2.75, 3.05) is 0 Å². The number of benzene rings is 2. The fourth-order valence-electron chi connectivity index (χ4n) is 2.07. The molecule has 20 heavy (non-hydrogen) atoms. The van der Waals surface area contributed by atoms with E-state index < -0.39 is 6.10 Å². The van der Waals surface area contributed by atoms with Crippen LogP contribution < -0.4 is 4.74 Å². The SMILES string of the molecule is CC(C)Oc1cccc(C(O)Cc2cccc(Cl)c2)c1. The maximum absolute atomic E-state index is 10.3. The number of ether oxygens (including phenoxy) is 1. The molecule has 0 aliphatic rings. The van der Waals surface area contributed by atoms with E-state index in [2.05, 4.69) is 0 Å². The van der Waals surface area contributed by atoms with E-state index in [1.54, 1.807) is 0 Å². The molecule has 1 unspecified atom stereocenters. The second kappa shape index (κ2) is 6.78. The molecule has 0 aliphatic heterocycles. The minimum atomic E-state index is -0.566. The summed E-state index contributed by atoms with van der Waals surface area (Å²) in [6.45, 7) is 3.96. The fourth-order valence-corrected chi connectivity index (χ4v) is 2.29. The summed E-state index contributed by atoms with van der Waals surface area (Å²) < 4.78 is 5.64. The van der Waals surface area contributed by atoms with Gasteiger partial charge in [-0.25, -0.2) is 0 Å². The largest absolute Gasteiger partial charge is 0.491 e. The highest BCUT2D eigenvalue weighted by Gasteiger charge is 2.10. The number of hydrogen-bond donors (Lipinski definition) is 1. The summed E-state index contributed by atoms with van der Waals surface area (Å²) in [5.74, 6) is 0.780. The van der Waals surface area contributed by atoms with Gasteiger partial charge >= 0.3 is 0 Å². The Bertz CT molecular complexity index is 566. The van der Waals surface area contributed by atoms with Crippen LogP contribution in [0.25, 0.3) is 0 Å². The molecule has 0 saturated heterocycles. The monoisotopic (exact) mass is 290 g/mol. The van der Waals surface area contributed by atoms with Gasteiger partial charge in [-0.15, -0.1) is 0 Å². The third-order valence-electron chi connectivity index (χ3n) is 2.93. The smallest absolute Gasteiger partial charge is 0.120 e. The average Bonchev–Trinajstić information content (AvgIpc) is 2.38. The molecule has 2 aromatic carbocycles. The number of rotatable bonds is 5. The van der Waals surface area contributed by atoms with Gasteiger partial charge in [0.2, 0.25) is 0 Å². The van der Waals surface area contributed by atoms with Crippen molar-refractivity contribution < 1.29 is 9.84 Å². The Kier molecular flexibility index (Phi) is 5.05. The zero-order valence-electron chi connectivity index (χ0n) is 11.7. The molecule has 0 radical (unpaired) electrons. The summed E-state index contributed by atoms with van der Waals surface area (Å²) in [7, 11) is 0. The van der Waals surface area contributed by atoms with Crippen molar-refractivity contribution in [1.29, 1.82) is 0 Å². The highest BCUT2D eigenvalue weighted by atomic mass is 35.5. The van der Waals surface area contributed by atoms with Gasteiger partial charge in [-0.1, -0.05) is 35.9 Å². The first-order valence-electron chi connectivity index (χ1n) is 6.73. The van der Waals surface area contributed by atoms with Crippen molar-refractivity contribution in [2.24, 2.45) is 0 Å². The standard InChI is InChI=1S/C17H19ClO2/c1-12(2)20-16-8-4-6-14(11-16)17(19)10-13-5-3-7-15(18)9-13/h3-9,11-12,17,19H,10H2,1-2H3. The van der Waals surface area contributed by atoms with E-state index in [-0.39, 0.29) is 6.10 Å². The lowest BCUT2D eigenvalue weighted by Gasteiger charge is -2.14. The minimum absolute atomic E-state index is 0.121. The second-order valence-corrected chi connectivity index (χ2v) is 5.53. The van der Waals surface area contributed by atoms with Gasteiger partial charge in [0.05, 0.1) is 12.2 Å². The van der Waals surface area contributed by atoms with E-state index in [9.17, 15) is 5.11 Å². The maximum atomic E-state index is 10.3. The highest BCUT2D eigenvalue weighted by molar-refractivity contribution is 6.30. The Balaban J connectivity index is 2.10. The van der Waals surface area contributed by atoms with Crippen LogP contribution in [0.1, 0.15) is 31.1 Å². The van der Waals surface area contributed by atoms with E-state index in [0.717, 1.165) is 16.9 Å². The van der Waals surface area contributed by atoms with Crippen LogP contribution in [0, 0.1) is 0 Å². The number of aliphatic hydroxyl groups is 1. The molecular weight excluding hydrogens is 272 g/mol. The summed E-state index contributed by atoms with van der Waals surface area (Å²) in [5.41, 5.74) is 1.86. The molecule has 0 bridgehead atoms. The van der Waals surface area contributed by atoms with Crippen LogP contribution in [0.15, 0.2) is 48.5 Å². The number of hydrogen-bond acceptors (Lipinski definition) is 2. The lowest BCUT2D eigenvalue weighted by atomic mass is 10.0. The van der Waals surface area contributed by atoms with Gasteiger partial charge < -0.3 is 9.84 Å². The zero-order valence-corrected chi connectivity index (χ0v) is 12.5. The van der Waals surface area contributed by atoms with Gasteiger partial charge in [0.15, 0.2) is 0 Å². The molecule has 106 valence electrons. The average molecular weight is 291 g/mol. The normalized spacial score (nSPS) is 12.4. The van der Waals surface area contributed by atoms with Crippen LogP contribution in [0.5, 0.6) is 5.75 Å². The molecule has 0 fully saturated rings. The van der Waals surface area contributed by atoms with Crippen LogP contribution in [0.2, 0.25) is 5.02 Å². The lowest BCUT2D eigenvalue weighted by Crippen LogP contribution is -2.07. The summed E-state index contributed by atoms with van der Waals surface area (Å²) in [6.07, 6.45) is 0.0885. The molecule has 0 aromatic heterocycles. The van der Waals surface area contributed by atoms with Crippen molar-refractivity contribution >= 4 is 11.6 Å². The third kappa shape index (κ3) is 4.26. The molecule has 0 heterocycles. The topological polar surface area (TPSA) is 29.5 Å². The Morgan fingerprint density at radius 2 is 1.85 bits per heavy atom.